The highest BCUT2D eigenvalue weighted by molar-refractivity contribution is 7.10. The molecule has 1 aromatic heterocycles. The Hall–Kier alpha value is -1.36. The van der Waals surface area contributed by atoms with Crippen LogP contribution in [-0.4, -0.2) is 18.3 Å². The molecule has 4 heteroatoms. The second kappa shape index (κ2) is 7.59. The summed E-state index contributed by atoms with van der Waals surface area (Å²) in [6.07, 6.45) is -0.558. The number of rotatable bonds is 7. The molecule has 2 aromatic rings. The van der Waals surface area contributed by atoms with E-state index < -0.39 is 6.10 Å². The van der Waals surface area contributed by atoms with Crippen LogP contribution < -0.4 is 10.5 Å². The molecule has 1 heterocycles. The van der Waals surface area contributed by atoms with E-state index >= 15 is 0 Å². The zero-order chi connectivity index (χ0) is 15.2. The number of hydrogen-bond acceptors (Lipinski definition) is 4. The van der Waals surface area contributed by atoms with Gasteiger partial charge in [0.05, 0.1) is 12.7 Å². The van der Waals surface area contributed by atoms with Crippen molar-refractivity contribution in [1.29, 1.82) is 0 Å². The molecule has 1 aromatic carbocycles. The van der Waals surface area contributed by atoms with E-state index in [-0.39, 0.29) is 5.92 Å². The minimum Gasteiger partial charge on any atom is -0.493 e. The van der Waals surface area contributed by atoms with Crippen LogP contribution >= 0.6 is 11.3 Å². The number of aliphatic hydroxyl groups excluding tert-OH is 1. The van der Waals surface area contributed by atoms with Crippen molar-refractivity contribution in [2.45, 2.75) is 25.9 Å². The maximum absolute atomic E-state index is 10.5. The lowest BCUT2D eigenvalue weighted by Crippen LogP contribution is -2.19. The van der Waals surface area contributed by atoms with Crippen LogP contribution in [0.3, 0.4) is 0 Å². The van der Waals surface area contributed by atoms with Gasteiger partial charge >= 0.3 is 0 Å². The van der Waals surface area contributed by atoms with E-state index in [1.54, 1.807) is 11.3 Å². The summed E-state index contributed by atoms with van der Waals surface area (Å²) in [6.45, 7) is 5.36. The average Bonchev–Trinajstić information content (AvgIpc) is 3.01. The molecule has 2 rings (SSSR count). The third-order valence-corrected chi connectivity index (χ3v) is 4.30. The molecule has 0 saturated carbocycles. The van der Waals surface area contributed by atoms with E-state index in [0.29, 0.717) is 19.1 Å². The van der Waals surface area contributed by atoms with Gasteiger partial charge in [-0.1, -0.05) is 32.0 Å². The standard InChI is InChI=1S/C17H23NO2S/c1-12(2)11-20-14-7-5-13(6-8-14)15(10-18)17(19)16-4-3-9-21-16/h3-9,12,15,17,19H,10-11,18H2,1-2H3. The van der Waals surface area contributed by atoms with Crippen LogP contribution in [-0.2, 0) is 0 Å². The van der Waals surface area contributed by atoms with Crippen LogP contribution in [0.4, 0.5) is 0 Å². The first-order chi connectivity index (χ1) is 10.1. The summed E-state index contributed by atoms with van der Waals surface area (Å²) in [7, 11) is 0. The summed E-state index contributed by atoms with van der Waals surface area (Å²) in [6, 6.07) is 11.8. The third-order valence-electron chi connectivity index (χ3n) is 3.36. The molecule has 0 fully saturated rings. The van der Waals surface area contributed by atoms with Crippen LogP contribution in [0.1, 0.15) is 36.3 Å². The average molecular weight is 305 g/mol. The van der Waals surface area contributed by atoms with E-state index in [1.165, 1.54) is 0 Å². The Morgan fingerprint density at radius 2 is 1.90 bits per heavy atom. The van der Waals surface area contributed by atoms with Gasteiger partial charge in [-0.2, -0.15) is 0 Å². The lowest BCUT2D eigenvalue weighted by atomic mass is 9.92. The molecule has 2 atom stereocenters. The monoisotopic (exact) mass is 305 g/mol. The molecular formula is C17H23NO2S. The van der Waals surface area contributed by atoms with E-state index in [4.69, 9.17) is 10.5 Å². The van der Waals surface area contributed by atoms with Crippen molar-refractivity contribution >= 4 is 11.3 Å². The maximum Gasteiger partial charge on any atom is 0.119 e. The summed E-state index contributed by atoms with van der Waals surface area (Å²) >= 11 is 1.55. The normalized spacial score (nSPS) is 14.1. The van der Waals surface area contributed by atoms with Crippen molar-refractivity contribution < 1.29 is 9.84 Å². The Morgan fingerprint density at radius 3 is 2.43 bits per heavy atom. The van der Waals surface area contributed by atoms with E-state index in [2.05, 4.69) is 13.8 Å². The molecule has 0 bridgehead atoms. The number of nitrogens with two attached hydrogens (primary N) is 1. The number of hydrogen-bond donors (Lipinski definition) is 2. The van der Waals surface area contributed by atoms with Crippen molar-refractivity contribution in [2.75, 3.05) is 13.2 Å². The molecule has 0 aliphatic carbocycles. The molecule has 0 amide bonds. The zero-order valence-corrected chi connectivity index (χ0v) is 13.3. The van der Waals surface area contributed by atoms with Crippen LogP contribution in [0.25, 0.3) is 0 Å². The van der Waals surface area contributed by atoms with Gasteiger partial charge in [-0.15, -0.1) is 11.3 Å². The summed E-state index contributed by atoms with van der Waals surface area (Å²) in [4.78, 5) is 0.950. The molecular weight excluding hydrogens is 282 g/mol. The summed E-state index contributed by atoms with van der Waals surface area (Å²) in [5.41, 5.74) is 6.90. The molecule has 3 nitrogen and oxygen atoms in total. The predicted molar refractivity (Wildman–Crippen MR) is 87.8 cm³/mol. The SMILES string of the molecule is CC(C)COc1ccc(C(CN)C(O)c2cccs2)cc1. The third kappa shape index (κ3) is 4.30. The van der Waals surface area contributed by atoms with Crippen molar-refractivity contribution in [1.82, 2.24) is 0 Å². The maximum atomic E-state index is 10.5. The molecule has 2 unspecified atom stereocenters. The molecule has 114 valence electrons. The molecule has 0 saturated heterocycles. The highest BCUT2D eigenvalue weighted by atomic mass is 32.1. The van der Waals surface area contributed by atoms with Gasteiger partial charge in [0, 0.05) is 17.3 Å². The number of ether oxygens (including phenoxy) is 1. The molecule has 21 heavy (non-hydrogen) atoms. The summed E-state index contributed by atoms with van der Waals surface area (Å²) in [5.74, 6) is 1.26. The first kappa shape index (κ1) is 16.0. The first-order valence-electron chi connectivity index (χ1n) is 7.26. The van der Waals surface area contributed by atoms with Crippen LogP contribution in [0, 0.1) is 5.92 Å². The van der Waals surface area contributed by atoms with Crippen molar-refractivity contribution in [3.05, 3.63) is 52.2 Å². The Morgan fingerprint density at radius 1 is 1.19 bits per heavy atom. The largest absolute Gasteiger partial charge is 0.493 e. The smallest absolute Gasteiger partial charge is 0.119 e. The van der Waals surface area contributed by atoms with Crippen LogP contribution in [0.2, 0.25) is 0 Å². The van der Waals surface area contributed by atoms with Crippen molar-refractivity contribution in [3.8, 4) is 5.75 Å². The molecule has 3 N–H and O–H groups in total. The Labute approximate surface area is 130 Å². The van der Waals surface area contributed by atoms with E-state index in [9.17, 15) is 5.11 Å². The lowest BCUT2D eigenvalue weighted by molar-refractivity contribution is 0.151. The fourth-order valence-electron chi connectivity index (χ4n) is 2.18. The summed E-state index contributed by atoms with van der Waals surface area (Å²) < 4.78 is 5.68. The highest BCUT2D eigenvalue weighted by Crippen LogP contribution is 2.33. The fourth-order valence-corrected chi connectivity index (χ4v) is 2.95. The van der Waals surface area contributed by atoms with Crippen LogP contribution in [0.5, 0.6) is 5.75 Å². The predicted octanol–water partition coefficient (Wildman–Crippen LogP) is 3.56. The molecule has 0 aliphatic rings. The quantitative estimate of drug-likeness (QED) is 0.822. The zero-order valence-electron chi connectivity index (χ0n) is 12.5. The minimum atomic E-state index is -0.558. The highest BCUT2D eigenvalue weighted by Gasteiger charge is 2.22. The van der Waals surface area contributed by atoms with Gasteiger partial charge in [-0.25, -0.2) is 0 Å². The van der Waals surface area contributed by atoms with E-state index in [1.807, 2.05) is 41.8 Å². The number of benzene rings is 1. The Bertz CT molecular complexity index is 522. The second-order valence-corrected chi connectivity index (χ2v) is 6.56. The van der Waals surface area contributed by atoms with Gasteiger partial charge < -0.3 is 15.6 Å². The second-order valence-electron chi connectivity index (χ2n) is 5.58. The molecule has 0 aliphatic heterocycles. The van der Waals surface area contributed by atoms with Crippen LogP contribution in [0.15, 0.2) is 41.8 Å². The number of thiophene rings is 1. The Kier molecular flexibility index (Phi) is 5.79. The molecule has 0 spiro atoms. The van der Waals surface area contributed by atoms with Crippen molar-refractivity contribution in [3.63, 3.8) is 0 Å². The Balaban J connectivity index is 2.08. The van der Waals surface area contributed by atoms with Gasteiger partial charge in [0.25, 0.3) is 0 Å². The first-order valence-corrected chi connectivity index (χ1v) is 8.14. The summed E-state index contributed by atoms with van der Waals surface area (Å²) in [5, 5.41) is 12.4. The van der Waals surface area contributed by atoms with Gasteiger partial charge in [-0.3, -0.25) is 0 Å². The topological polar surface area (TPSA) is 55.5 Å². The van der Waals surface area contributed by atoms with Gasteiger partial charge in [0.1, 0.15) is 5.75 Å². The van der Waals surface area contributed by atoms with E-state index in [0.717, 1.165) is 16.2 Å². The number of aliphatic hydroxyl groups is 1. The van der Waals surface area contributed by atoms with Gasteiger partial charge in [-0.05, 0) is 35.1 Å². The van der Waals surface area contributed by atoms with Gasteiger partial charge in [0.2, 0.25) is 0 Å². The van der Waals surface area contributed by atoms with Crippen molar-refractivity contribution in [2.24, 2.45) is 11.7 Å². The lowest BCUT2D eigenvalue weighted by Gasteiger charge is -2.21. The molecule has 0 radical (unpaired) electrons. The fraction of sp³-hybridized carbons (Fsp3) is 0.412. The minimum absolute atomic E-state index is 0.0946. The van der Waals surface area contributed by atoms with Gasteiger partial charge in [0.15, 0.2) is 0 Å².